The lowest BCUT2D eigenvalue weighted by atomic mass is 10.1. The van der Waals surface area contributed by atoms with Crippen molar-refractivity contribution in [3.8, 4) is 0 Å². The van der Waals surface area contributed by atoms with Crippen LogP contribution in [0.1, 0.15) is 16.1 Å². The van der Waals surface area contributed by atoms with Crippen molar-refractivity contribution in [1.29, 1.82) is 0 Å². The Hall–Kier alpha value is -1.68. The van der Waals surface area contributed by atoms with E-state index in [9.17, 15) is 18.0 Å². The van der Waals surface area contributed by atoms with Crippen LogP contribution in [0.5, 0.6) is 0 Å². The molecule has 0 atom stereocenters. The molecule has 0 spiro atoms. The van der Waals surface area contributed by atoms with Crippen LogP contribution in [-0.4, -0.2) is 42.2 Å². The monoisotopic (exact) mass is 375 g/mol. The van der Waals surface area contributed by atoms with Gasteiger partial charge in [0.15, 0.2) is 5.78 Å². The van der Waals surface area contributed by atoms with Crippen LogP contribution in [-0.2, 0) is 14.8 Å². The summed E-state index contributed by atoms with van der Waals surface area (Å²) in [6.45, 7) is 0.00751. The molecule has 124 valence electrons. The van der Waals surface area contributed by atoms with Crippen LogP contribution >= 0.6 is 22.9 Å². The van der Waals surface area contributed by atoms with E-state index in [2.05, 4.69) is 0 Å². The number of carbonyl (C=O) groups is 2. The summed E-state index contributed by atoms with van der Waals surface area (Å²) < 4.78 is 23.3. The molecule has 0 unspecified atom stereocenters. The minimum absolute atomic E-state index is 0.00751. The normalized spacial score (nSPS) is 14.6. The molecule has 1 aromatic heterocycles. The second-order valence-corrected chi connectivity index (χ2v) is 8.38. The lowest BCUT2D eigenvalue weighted by molar-refractivity contribution is -0.123. The highest BCUT2D eigenvalue weighted by Gasteiger charge is 2.24. The summed E-state index contributed by atoms with van der Waals surface area (Å²) >= 11 is 6.97. The Labute approximate surface area is 142 Å². The maximum atomic E-state index is 12.1. The van der Waals surface area contributed by atoms with Gasteiger partial charge in [-0.15, -0.1) is 11.3 Å². The van der Waals surface area contributed by atoms with E-state index in [1.807, 2.05) is 0 Å². The van der Waals surface area contributed by atoms with E-state index in [0.29, 0.717) is 9.21 Å². The van der Waals surface area contributed by atoms with Crippen LogP contribution < -0.4 is 5.84 Å². The van der Waals surface area contributed by atoms with Gasteiger partial charge in [0.1, 0.15) is 0 Å². The molecule has 0 saturated carbocycles. The molecule has 0 bridgehead atoms. The quantitative estimate of drug-likeness (QED) is 0.361. The van der Waals surface area contributed by atoms with E-state index >= 15 is 0 Å². The fraction of sp³-hybridized carbons (Fsp3) is 0.231. The van der Waals surface area contributed by atoms with E-state index in [0.717, 1.165) is 6.26 Å². The Morgan fingerprint density at radius 3 is 2.70 bits per heavy atom. The second kappa shape index (κ2) is 6.83. The SMILES string of the molecule is CS(=O)(=O)N(N)C(=O)C1=CN(CC(=O)c2ccc(Cl)s2)C=CC1. The predicted octanol–water partition coefficient (Wildman–Crippen LogP) is 1.35. The molecule has 0 saturated heterocycles. The van der Waals surface area contributed by atoms with Crippen LogP contribution in [0.25, 0.3) is 0 Å². The van der Waals surface area contributed by atoms with Gasteiger partial charge in [-0.2, -0.15) is 4.41 Å². The van der Waals surface area contributed by atoms with Gasteiger partial charge in [0.2, 0.25) is 10.0 Å². The summed E-state index contributed by atoms with van der Waals surface area (Å²) in [6.07, 6.45) is 5.78. The van der Waals surface area contributed by atoms with Crippen molar-refractivity contribution in [2.75, 3.05) is 12.8 Å². The first-order valence-corrected chi connectivity index (χ1v) is 9.43. The molecule has 0 aliphatic carbocycles. The standard InChI is InChI=1S/C13H14ClN3O4S2/c1-23(20,21)17(15)13(19)9-3-2-6-16(7-9)8-10(18)11-4-5-12(14)22-11/h2,4-7H,3,8,15H2,1H3. The van der Waals surface area contributed by atoms with Crippen LogP contribution in [0.15, 0.2) is 36.2 Å². The average molecular weight is 376 g/mol. The molecule has 2 rings (SSSR count). The smallest absolute Gasteiger partial charge is 0.279 e. The number of ketones is 1. The molecule has 0 fully saturated rings. The molecule has 2 heterocycles. The zero-order chi connectivity index (χ0) is 17.2. The highest BCUT2D eigenvalue weighted by molar-refractivity contribution is 7.88. The van der Waals surface area contributed by atoms with Crippen molar-refractivity contribution in [3.63, 3.8) is 0 Å². The number of sulfonamides is 1. The van der Waals surface area contributed by atoms with Crippen LogP contribution in [0, 0.1) is 0 Å². The third-order valence-corrected chi connectivity index (χ3v) is 5.12. The Morgan fingerprint density at radius 2 is 2.13 bits per heavy atom. The summed E-state index contributed by atoms with van der Waals surface area (Å²) in [5.74, 6) is 4.31. The first-order valence-electron chi connectivity index (χ1n) is 6.39. The third kappa shape index (κ3) is 4.41. The Balaban J connectivity index is 2.11. The maximum Gasteiger partial charge on any atom is 0.279 e. The number of thiophene rings is 1. The van der Waals surface area contributed by atoms with Gasteiger partial charge in [-0.3, -0.25) is 9.59 Å². The fourth-order valence-electron chi connectivity index (χ4n) is 1.85. The van der Waals surface area contributed by atoms with Gasteiger partial charge in [0.25, 0.3) is 5.91 Å². The summed E-state index contributed by atoms with van der Waals surface area (Å²) in [4.78, 5) is 26.2. The number of hydrogen-bond donors (Lipinski definition) is 1. The van der Waals surface area contributed by atoms with Crippen LogP contribution in [0.2, 0.25) is 4.34 Å². The highest BCUT2D eigenvalue weighted by atomic mass is 35.5. The zero-order valence-corrected chi connectivity index (χ0v) is 14.5. The van der Waals surface area contributed by atoms with E-state index in [1.165, 1.54) is 22.4 Å². The third-order valence-electron chi connectivity index (χ3n) is 2.96. The number of hydrogen-bond acceptors (Lipinski definition) is 7. The molecule has 2 N–H and O–H groups in total. The number of amides is 1. The zero-order valence-electron chi connectivity index (χ0n) is 12.1. The number of rotatable bonds is 5. The topological polar surface area (TPSA) is 101 Å². The number of halogens is 1. The first kappa shape index (κ1) is 17.7. The first-order chi connectivity index (χ1) is 10.7. The Bertz CT molecular complexity index is 798. The molecule has 1 amide bonds. The molecule has 10 heteroatoms. The van der Waals surface area contributed by atoms with E-state index in [-0.39, 0.29) is 28.7 Å². The minimum Gasteiger partial charge on any atom is -0.346 e. The molecule has 1 aromatic rings. The predicted molar refractivity (Wildman–Crippen MR) is 88.1 cm³/mol. The van der Waals surface area contributed by atoms with E-state index < -0.39 is 15.9 Å². The minimum atomic E-state index is -3.83. The van der Waals surface area contributed by atoms with Gasteiger partial charge >= 0.3 is 0 Å². The highest BCUT2D eigenvalue weighted by Crippen LogP contribution is 2.23. The Kier molecular flexibility index (Phi) is 5.25. The van der Waals surface area contributed by atoms with Crippen LogP contribution in [0.3, 0.4) is 0 Å². The van der Waals surface area contributed by atoms with Crippen molar-refractivity contribution in [2.45, 2.75) is 6.42 Å². The molecular weight excluding hydrogens is 362 g/mol. The van der Waals surface area contributed by atoms with Crippen molar-refractivity contribution in [1.82, 2.24) is 9.31 Å². The van der Waals surface area contributed by atoms with Crippen molar-refractivity contribution < 1.29 is 18.0 Å². The van der Waals surface area contributed by atoms with Crippen molar-refractivity contribution in [2.24, 2.45) is 5.84 Å². The van der Waals surface area contributed by atoms with Crippen molar-refractivity contribution >= 4 is 44.7 Å². The van der Waals surface area contributed by atoms with E-state index in [4.69, 9.17) is 17.4 Å². The number of hydrazine groups is 1. The molecule has 1 aliphatic heterocycles. The maximum absolute atomic E-state index is 12.1. The average Bonchev–Trinajstić information content (AvgIpc) is 2.91. The summed E-state index contributed by atoms with van der Waals surface area (Å²) in [5, 5.41) is 0. The molecule has 7 nitrogen and oxygen atoms in total. The number of nitrogens with zero attached hydrogens (tertiary/aromatic N) is 2. The van der Waals surface area contributed by atoms with Crippen LogP contribution in [0.4, 0.5) is 0 Å². The van der Waals surface area contributed by atoms with Gasteiger partial charge in [0.05, 0.1) is 22.0 Å². The fourth-order valence-corrected chi connectivity index (χ4v) is 3.24. The van der Waals surface area contributed by atoms with Crippen molar-refractivity contribution in [3.05, 3.63) is 45.4 Å². The largest absolute Gasteiger partial charge is 0.346 e. The summed E-state index contributed by atoms with van der Waals surface area (Å²) in [6, 6.07) is 3.26. The van der Waals surface area contributed by atoms with Gasteiger partial charge in [0, 0.05) is 18.0 Å². The van der Waals surface area contributed by atoms with Gasteiger partial charge < -0.3 is 4.90 Å². The number of allylic oxidation sites excluding steroid dienone is 1. The number of Topliss-reactive ketones (excluding diaryl/α,β-unsaturated/α-hetero) is 1. The number of nitrogens with two attached hydrogens (primary N) is 1. The van der Waals surface area contributed by atoms with Gasteiger partial charge in [-0.25, -0.2) is 14.3 Å². The summed E-state index contributed by atoms with van der Waals surface area (Å²) in [5.41, 5.74) is 0.178. The van der Waals surface area contributed by atoms with Gasteiger partial charge in [-0.05, 0) is 18.6 Å². The summed E-state index contributed by atoms with van der Waals surface area (Å²) in [7, 11) is -3.83. The molecule has 1 aliphatic rings. The lowest BCUT2D eigenvalue weighted by Gasteiger charge is -2.22. The molecule has 0 aromatic carbocycles. The van der Waals surface area contributed by atoms with E-state index in [1.54, 1.807) is 24.4 Å². The molecular formula is C13H14ClN3O4S2. The van der Waals surface area contributed by atoms with Gasteiger partial charge in [-0.1, -0.05) is 17.7 Å². The second-order valence-electron chi connectivity index (χ2n) is 4.81. The molecule has 0 radical (unpaired) electrons. The molecule has 23 heavy (non-hydrogen) atoms. The Morgan fingerprint density at radius 1 is 1.43 bits per heavy atom. The number of carbonyl (C=O) groups excluding carboxylic acids is 2. The lowest BCUT2D eigenvalue weighted by Crippen LogP contribution is -2.43.